The second-order valence-corrected chi connectivity index (χ2v) is 4.01. The van der Waals surface area contributed by atoms with Gasteiger partial charge in [-0.2, -0.15) is 0 Å². The second kappa shape index (κ2) is 4.61. The average Bonchev–Trinajstić information content (AvgIpc) is 2.09. The number of methoxy groups -OCH3 is 1. The standard InChI is InChI=1S/C10H19NO2/c1-8-4-5-9(2)11(6-8)10(12)7-13-3/h8-9H,4-7H2,1-3H3. The number of carbonyl (C=O) groups is 1. The molecule has 3 heteroatoms. The van der Waals surface area contributed by atoms with Gasteiger partial charge < -0.3 is 9.64 Å². The zero-order valence-electron chi connectivity index (χ0n) is 8.75. The number of hydrogen-bond acceptors (Lipinski definition) is 2. The molecule has 0 aromatic carbocycles. The van der Waals surface area contributed by atoms with Crippen LogP contribution in [-0.2, 0) is 9.53 Å². The van der Waals surface area contributed by atoms with Crippen LogP contribution < -0.4 is 0 Å². The normalized spacial score (nSPS) is 29.0. The molecule has 1 fully saturated rings. The third-order valence-electron chi connectivity index (χ3n) is 2.71. The first kappa shape index (κ1) is 10.5. The van der Waals surface area contributed by atoms with Crippen LogP contribution in [0, 0.1) is 5.92 Å². The van der Waals surface area contributed by atoms with Gasteiger partial charge in [-0.15, -0.1) is 0 Å². The van der Waals surface area contributed by atoms with Crippen molar-refractivity contribution in [2.45, 2.75) is 32.7 Å². The monoisotopic (exact) mass is 185 g/mol. The first-order chi connectivity index (χ1) is 6.15. The van der Waals surface area contributed by atoms with Crippen LogP contribution in [0.15, 0.2) is 0 Å². The summed E-state index contributed by atoms with van der Waals surface area (Å²) in [5.74, 6) is 0.763. The maximum Gasteiger partial charge on any atom is 0.248 e. The Morgan fingerprint density at radius 3 is 2.77 bits per heavy atom. The van der Waals surface area contributed by atoms with Crippen LogP contribution in [-0.4, -0.2) is 37.1 Å². The third kappa shape index (κ3) is 2.69. The lowest BCUT2D eigenvalue weighted by Gasteiger charge is -2.36. The molecule has 0 aliphatic carbocycles. The molecule has 13 heavy (non-hydrogen) atoms. The number of piperidine rings is 1. The number of hydrogen-bond donors (Lipinski definition) is 0. The molecule has 0 saturated carbocycles. The van der Waals surface area contributed by atoms with E-state index in [1.165, 1.54) is 6.42 Å². The fourth-order valence-corrected chi connectivity index (χ4v) is 1.84. The zero-order valence-corrected chi connectivity index (χ0v) is 8.75. The molecule has 0 radical (unpaired) electrons. The van der Waals surface area contributed by atoms with Gasteiger partial charge in [-0.05, 0) is 25.7 Å². The van der Waals surface area contributed by atoms with Gasteiger partial charge in [0, 0.05) is 19.7 Å². The van der Waals surface area contributed by atoms with Crippen LogP contribution in [0.2, 0.25) is 0 Å². The molecule has 2 atom stereocenters. The van der Waals surface area contributed by atoms with E-state index in [1.807, 2.05) is 4.90 Å². The van der Waals surface area contributed by atoms with Crippen molar-refractivity contribution in [2.24, 2.45) is 5.92 Å². The predicted octanol–water partition coefficient (Wildman–Crippen LogP) is 1.28. The Bertz CT molecular complexity index is 182. The summed E-state index contributed by atoms with van der Waals surface area (Å²) in [4.78, 5) is 13.5. The lowest BCUT2D eigenvalue weighted by Crippen LogP contribution is -2.46. The number of amides is 1. The highest BCUT2D eigenvalue weighted by Crippen LogP contribution is 2.21. The lowest BCUT2D eigenvalue weighted by atomic mass is 9.95. The van der Waals surface area contributed by atoms with E-state index in [9.17, 15) is 4.79 Å². The largest absolute Gasteiger partial charge is 0.375 e. The molecule has 3 nitrogen and oxygen atoms in total. The number of nitrogens with zero attached hydrogens (tertiary/aromatic N) is 1. The molecular formula is C10H19NO2. The summed E-state index contributed by atoms with van der Waals surface area (Å²) in [7, 11) is 1.57. The molecule has 1 aliphatic rings. The van der Waals surface area contributed by atoms with E-state index in [4.69, 9.17) is 4.74 Å². The van der Waals surface area contributed by atoms with Crippen molar-refractivity contribution in [3.05, 3.63) is 0 Å². The summed E-state index contributed by atoms with van der Waals surface area (Å²) in [6, 6.07) is 0.388. The van der Waals surface area contributed by atoms with Crippen molar-refractivity contribution in [3.63, 3.8) is 0 Å². The minimum atomic E-state index is 0.126. The molecule has 1 rings (SSSR count). The molecule has 1 heterocycles. The summed E-state index contributed by atoms with van der Waals surface area (Å²) in [5.41, 5.74) is 0. The Labute approximate surface area is 80.1 Å². The number of carbonyl (C=O) groups excluding carboxylic acids is 1. The Morgan fingerprint density at radius 1 is 1.46 bits per heavy atom. The van der Waals surface area contributed by atoms with E-state index in [1.54, 1.807) is 7.11 Å². The molecule has 2 unspecified atom stereocenters. The Balaban J connectivity index is 2.50. The smallest absolute Gasteiger partial charge is 0.248 e. The molecule has 1 amide bonds. The zero-order chi connectivity index (χ0) is 9.84. The van der Waals surface area contributed by atoms with Gasteiger partial charge >= 0.3 is 0 Å². The summed E-state index contributed by atoms with van der Waals surface area (Å²) < 4.78 is 4.85. The minimum absolute atomic E-state index is 0.126. The van der Waals surface area contributed by atoms with E-state index in [0.29, 0.717) is 12.0 Å². The summed E-state index contributed by atoms with van der Waals surface area (Å²) >= 11 is 0. The van der Waals surface area contributed by atoms with Gasteiger partial charge in [-0.1, -0.05) is 6.92 Å². The minimum Gasteiger partial charge on any atom is -0.375 e. The van der Waals surface area contributed by atoms with Crippen LogP contribution in [0.3, 0.4) is 0 Å². The van der Waals surface area contributed by atoms with Gasteiger partial charge in [0.1, 0.15) is 6.61 Å². The highest BCUT2D eigenvalue weighted by Gasteiger charge is 2.26. The average molecular weight is 185 g/mol. The summed E-state index contributed by atoms with van der Waals surface area (Å²) in [6.07, 6.45) is 2.36. The Kier molecular flexibility index (Phi) is 3.72. The number of ether oxygens (including phenoxy) is 1. The highest BCUT2D eigenvalue weighted by molar-refractivity contribution is 5.77. The summed E-state index contributed by atoms with van der Waals surface area (Å²) in [5, 5.41) is 0. The molecule has 1 saturated heterocycles. The van der Waals surface area contributed by atoms with Crippen LogP contribution in [0.25, 0.3) is 0 Å². The SMILES string of the molecule is COCC(=O)N1CC(C)CCC1C. The van der Waals surface area contributed by atoms with E-state index in [0.717, 1.165) is 13.0 Å². The quantitative estimate of drug-likeness (QED) is 0.648. The van der Waals surface area contributed by atoms with Crippen molar-refractivity contribution >= 4 is 5.91 Å². The van der Waals surface area contributed by atoms with Gasteiger partial charge in [0.25, 0.3) is 0 Å². The van der Waals surface area contributed by atoms with Crippen molar-refractivity contribution < 1.29 is 9.53 Å². The van der Waals surface area contributed by atoms with Crippen LogP contribution in [0.4, 0.5) is 0 Å². The van der Waals surface area contributed by atoms with Gasteiger partial charge in [-0.25, -0.2) is 0 Å². The molecule has 0 bridgehead atoms. The first-order valence-electron chi connectivity index (χ1n) is 4.93. The fraction of sp³-hybridized carbons (Fsp3) is 0.900. The Hall–Kier alpha value is -0.570. The van der Waals surface area contributed by atoms with E-state index >= 15 is 0 Å². The van der Waals surface area contributed by atoms with E-state index < -0.39 is 0 Å². The number of rotatable bonds is 2. The summed E-state index contributed by atoms with van der Waals surface area (Å²) in [6.45, 7) is 5.42. The van der Waals surface area contributed by atoms with Crippen molar-refractivity contribution in [2.75, 3.05) is 20.3 Å². The second-order valence-electron chi connectivity index (χ2n) is 4.01. The van der Waals surface area contributed by atoms with Crippen molar-refractivity contribution in [3.8, 4) is 0 Å². The van der Waals surface area contributed by atoms with Crippen LogP contribution in [0.1, 0.15) is 26.7 Å². The molecule has 0 N–H and O–H groups in total. The maximum atomic E-state index is 11.6. The highest BCUT2D eigenvalue weighted by atomic mass is 16.5. The van der Waals surface area contributed by atoms with Crippen molar-refractivity contribution in [1.82, 2.24) is 4.90 Å². The van der Waals surface area contributed by atoms with E-state index in [-0.39, 0.29) is 12.5 Å². The van der Waals surface area contributed by atoms with E-state index in [2.05, 4.69) is 13.8 Å². The molecule has 1 aliphatic heterocycles. The third-order valence-corrected chi connectivity index (χ3v) is 2.71. The van der Waals surface area contributed by atoms with Crippen LogP contribution >= 0.6 is 0 Å². The van der Waals surface area contributed by atoms with Gasteiger partial charge in [0.2, 0.25) is 5.91 Å². The van der Waals surface area contributed by atoms with Gasteiger partial charge in [0.05, 0.1) is 0 Å². The topological polar surface area (TPSA) is 29.5 Å². The number of likely N-dealkylation sites (tertiary alicyclic amines) is 1. The first-order valence-corrected chi connectivity index (χ1v) is 4.93. The van der Waals surface area contributed by atoms with Crippen LogP contribution in [0.5, 0.6) is 0 Å². The van der Waals surface area contributed by atoms with Gasteiger partial charge in [-0.3, -0.25) is 4.79 Å². The van der Waals surface area contributed by atoms with Crippen molar-refractivity contribution in [1.29, 1.82) is 0 Å². The fourth-order valence-electron chi connectivity index (χ4n) is 1.84. The maximum absolute atomic E-state index is 11.6. The Morgan fingerprint density at radius 2 is 2.15 bits per heavy atom. The predicted molar refractivity (Wildman–Crippen MR) is 51.4 cm³/mol. The molecule has 76 valence electrons. The lowest BCUT2D eigenvalue weighted by molar-refractivity contribution is -0.139. The molecule has 0 aromatic rings. The molecular weight excluding hydrogens is 166 g/mol. The van der Waals surface area contributed by atoms with Gasteiger partial charge in [0.15, 0.2) is 0 Å². The molecule has 0 spiro atoms. The molecule has 0 aromatic heterocycles.